The van der Waals surface area contributed by atoms with E-state index < -0.39 is 84.8 Å². The van der Waals surface area contributed by atoms with E-state index in [1.807, 2.05) is 71.9 Å². The molecule has 58 heavy (non-hydrogen) atoms. The van der Waals surface area contributed by atoms with Crippen LogP contribution in [0.1, 0.15) is 64.5 Å². The Labute approximate surface area is 342 Å². The van der Waals surface area contributed by atoms with Gasteiger partial charge in [0.05, 0.1) is 29.6 Å². The maximum atomic E-state index is 14.1. The van der Waals surface area contributed by atoms with E-state index in [4.69, 9.17) is 22.3 Å². The summed E-state index contributed by atoms with van der Waals surface area (Å²) in [7, 11) is -11.7. The van der Waals surface area contributed by atoms with Gasteiger partial charge in [-0.25, -0.2) is 9.36 Å². The first kappa shape index (κ1) is 46.9. The average molecular weight is 861 g/mol. The lowest BCUT2D eigenvalue weighted by Crippen LogP contribution is -2.56. The maximum absolute atomic E-state index is 14.1. The highest BCUT2D eigenvalue weighted by molar-refractivity contribution is 7.87. The van der Waals surface area contributed by atoms with Gasteiger partial charge in [0.25, 0.3) is 25.8 Å². The molecule has 17 heteroatoms. The number of rotatable bonds is 22. The molecule has 2 atom stereocenters. The topological polar surface area (TPSA) is 179 Å². The molecule has 1 aromatic heterocycles. The number of hydrogen-bond donors (Lipinski definition) is 1. The molecule has 0 fully saturated rings. The van der Waals surface area contributed by atoms with Gasteiger partial charge < -0.3 is 19.0 Å². The third-order valence-corrected chi connectivity index (χ3v) is 18.8. The number of hydrogen-bond acceptors (Lipinski definition) is 12. The molecule has 318 valence electrons. The van der Waals surface area contributed by atoms with Gasteiger partial charge in [-0.1, -0.05) is 107 Å². The number of nitrogens with zero attached hydrogens (tertiary/aromatic N) is 2. The van der Waals surface area contributed by atoms with Crippen LogP contribution in [0.2, 0.25) is 16.6 Å². The smallest absolute Gasteiger partial charge is 0.335 e. The van der Waals surface area contributed by atoms with Crippen molar-refractivity contribution < 1.29 is 44.2 Å². The monoisotopic (exact) mass is 860 g/mol. The third-order valence-electron chi connectivity index (χ3n) is 10.2. The summed E-state index contributed by atoms with van der Waals surface area (Å²) in [6.07, 6.45) is -0.601. The molecule has 14 nitrogen and oxygen atoms in total. The molecule has 0 bridgehead atoms. The van der Waals surface area contributed by atoms with E-state index in [0.717, 1.165) is 38.1 Å². The summed E-state index contributed by atoms with van der Waals surface area (Å²) in [5.74, 6) is 0. The van der Waals surface area contributed by atoms with Crippen LogP contribution in [0, 0.1) is 13.8 Å². The fourth-order valence-corrected chi connectivity index (χ4v) is 14.4. The van der Waals surface area contributed by atoms with Crippen LogP contribution in [0.15, 0.2) is 111 Å². The standard InChI is InChI=1S/C41H56N2O12S2Si/c1-30(2)58(31(3)4,32(5)6)54-28-41(26-44,27-53-57(49,50)37-20-16-34(8)17-21-37)55-39(25-52-56(47,48)36-18-14-33(7)15-19-36)42-23-22-38(45)43(40(42)46)29-51-24-35-12-10-9-11-13-35/h9-23,30-32,39,44H,24-29H2,1-8H3/t39-,41-/m1/s1. The summed E-state index contributed by atoms with van der Waals surface area (Å²) >= 11 is 0. The van der Waals surface area contributed by atoms with Crippen LogP contribution in [0.25, 0.3) is 0 Å². The zero-order valence-electron chi connectivity index (χ0n) is 34.4. The van der Waals surface area contributed by atoms with Crippen LogP contribution < -0.4 is 11.2 Å². The molecule has 0 saturated heterocycles. The molecule has 1 heterocycles. The Morgan fingerprint density at radius 2 is 1.22 bits per heavy atom. The van der Waals surface area contributed by atoms with Gasteiger partial charge in [0, 0.05) is 12.3 Å². The van der Waals surface area contributed by atoms with Crippen molar-refractivity contribution in [1.82, 2.24) is 9.13 Å². The van der Waals surface area contributed by atoms with E-state index in [9.17, 15) is 31.5 Å². The van der Waals surface area contributed by atoms with Crippen molar-refractivity contribution in [2.45, 2.75) is 107 Å². The summed E-state index contributed by atoms with van der Waals surface area (Å²) in [6, 6.07) is 22.0. The Bertz CT molecular complexity index is 2260. The van der Waals surface area contributed by atoms with Gasteiger partial charge in [-0.15, -0.1) is 0 Å². The Hall–Kier alpha value is -3.78. The number of ether oxygens (including phenoxy) is 2. The molecule has 0 aliphatic rings. The Morgan fingerprint density at radius 1 is 0.707 bits per heavy atom. The van der Waals surface area contributed by atoms with Crippen LogP contribution in [-0.2, 0) is 55.8 Å². The molecule has 0 saturated carbocycles. The largest absolute Gasteiger partial charge is 0.413 e. The number of aliphatic hydroxyl groups is 1. The van der Waals surface area contributed by atoms with Crippen molar-refractivity contribution in [3.05, 3.63) is 129 Å². The Balaban J connectivity index is 1.82. The second-order valence-electron chi connectivity index (χ2n) is 15.3. The number of benzene rings is 3. The number of aliphatic hydroxyl groups excluding tert-OH is 1. The molecular weight excluding hydrogens is 805 g/mol. The second-order valence-corrected chi connectivity index (χ2v) is 24.0. The van der Waals surface area contributed by atoms with Gasteiger partial charge in [0.1, 0.15) is 25.5 Å². The quantitative estimate of drug-likeness (QED) is 0.0716. The van der Waals surface area contributed by atoms with E-state index in [2.05, 4.69) is 0 Å². The van der Waals surface area contributed by atoms with Crippen molar-refractivity contribution in [1.29, 1.82) is 0 Å². The minimum absolute atomic E-state index is 0.0574. The third kappa shape index (κ3) is 11.5. The lowest BCUT2D eigenvalue weighted by atomic mass is 10.1. The first-order valence-corrected chi connectivity index (χ1v) is 24.0. The highest BCUT2D eigenvalue weighted by Gasteiger charge is 2.48. The molecule has 0 spiro atoms. The molecule has 3 aromatic carbocycles. The first-order valence-electron chi connectivity index (χ1n) is 19.1. The summed E-state index contributed by atoms with van der Waals surface area (Å²) in [6.45, 7) is 12.5. The zero-order valence-corrected chi connectivity index (χ0v) is 37.0. The zero-order chi connectivity index (χ0) is 42.9. The normalized spacial score (nSPS) is 14.3. The van der Waals surface area contributed by atoms with Crippen molar-refractivity contribution >= 4 is 28.6 Å². The summed E-state index contributed by atoms with van der Waals surface area (Å²) < 4.78 is 86.0. The van der Waals surface area contributed by atoms with Gasteiger partial charge in [-0.05, 0) is 60.3 Å². The van der Waals surface area contributed by atoms with Gasteiger partial charge in [0.15, 0.2) is 14.5 Å². The van der Waals surface area contributed by atoms with Crippen LogP contribution in [-0.4, -0.2) is 71.4 Å². The SMILES string of the molecule is Cc1ccc(S(=O)(=O)OC[C@@H](O[C@@](CO)(CO[Si](C(C)C)(C(C)C)C(C)C)COS(=O)(=O)c2ccc(C)cc2)n2ccc(=O)n(COCc3ccccc3)c2=O)cc1. The molecule has 4 rings (SSSR count). The van der Waals surface area contributed by atoms with E-state index >= 15 is 0 Å². The fourth-order valence-electron chi connectivity index (χ4n) is 7.03. The van der Waals surface area contributed by atoms with Crippen molar-refractivity contribution in [3.63, 3.8) is 0 Å². The van der Waals surface area contributed by atoms with Gasteiger partial charge in [-0.3, -0.25) is 17.7 Å². The molecule has 4 aromatic rings. The molecule has 1 N–H and O–H groups in total. The maximum Gasteiger partial charge on any atom is 0.335 e. The van der Waals surface area contributed by atoms with Crippen molar-refractivity contribution in [3.8, 4) is 0 Å². The lowest BCUT2D eigenvalue weighted by Gasteiger charge is -2.45. The van der Waals surface area contributed by atoms with Gasteiger partial charge >= 0.3 is 5.69 Å². The van der Waals surface area contributed by atoms with E-state index in [0.29, 0.717) is 0 Å². The molecular formula is C41H56N2O12S2Si. The number of aryl methyl sites for hydroxylation is 2. The molecule has 0 radical (unpaired) electrons. The lowest BCUT2D eigenvalue weighted by molar-refractivity contribution is -0.187. The Morgan fingerprint density at radius 3 is 1.72 bits per heavy atom. The van der Waals surface area contributed by atoms with Crippen LogP contribution in [0.4, 0.5) is 0 Å². The first-order chi connectivity index (χ1) is 27.3. The van der Waals surface area contributed by atoms with E-state index in [1.165, 1.54) is 24.3 Å². The Kier molecular flexibility index (Phi) is 16.2. The molecule has 0 amide bonds. The molecule has 0 aliphatic carbocycles. The van der Waals surface area contributed by atoms with Crippen molar-refractivity contribution in [2.75, 3.05) is 26.4 Å². The summed E-state index contributed by atoms with van der Waals surface area (Å²) in [4.78, 5) is 26.9. The predicted molar refractivity (Wildman–Crippen MR) is 222 cm³/mol. The molecule has 0 aliphatic heterocycles. The average Bonchev–Trinajstić information content (AvgIpc) is 3.17. The van der Waals surface area contributed by atoms with Crippen LogP contribution >= 0.6 is 0 Å². The fraction of sp³-hybridized carbons (Fsp3) is 0.463. The van der Waals surface area contributed by atoms with Crippen molar-refractivity contribution in [2.24, 2.45) is 0 Å². The number of aromatic nitrogens is 2. The second kappa shape index (κ2) is 20.0. The van der Waals surface area contributed by atoms with Gasteiger partial charge in [-0.2, -0.15) is 16.8 Å². The van der Waals surface area contributed by atoms with Crippen LogP contribution in [0.3, 0.4) is 0 Å². The highest BCUT2D eigenvalue weighted by Crippen LogP contribution is 2.43. The minimum atomic E-state index is -4.47. The predicted octanol–water partition coefficient (Wildman–Crippen LogP) is 6.05. The van der Waals surface area contributed by atoms with Crippen LogP contribution in [0.5, 0.6) is 0 Å². The minimum Gasteiger partial charge on any atom is -0.413 e. The summed E-state index contributed by atoms with van der Waals surface area (Å²) in [5, 5.41) is 11.2. The van der Waals surface area contributed by atoms with E-state index in [-0.39, 0.29) is 33.0 Å². The summed E-state index contributed by atoms with van der Waals surface area (Å²) in [5.41, 5.74) is -1.13. The van der Waals surface area contributed by atoms with Gasteiger partial charge in [0.2, 0.25) is 0 Å². The highest BCUT2D eigenvalue weighted by atomic mass is 32.2. The molecule has 0 unspecified atom stereocenters. The van der Waals surface area contributed by atoms with E-state index in [1.54, 1.807) is 38.1 Å².